The molecule has 0 fully saturated rings. The molecule has 2 aromatic carbocycles. The minimum atomic E-state index is 0.352. The van der Waals surface area contributed by atoms with E-state index in [2.05, 4.69) is 6.07 Å². The summed E-state index contributed by atoms with van der Waals surface area (Å²) in [7, 11) is 0. The van der Waals surface area contributed by atoms with Gasteiger partial charge in [0.1, 0.15) is 5.75 Å². The number of phenols is 1. The van der Waals surface area contributed by atoms with E-state index in [1.165, 1.54) is 0 Å². The fraction of sp³-hybridized carbons (Fsp3) is 0.0769. The van der Waals surface area contributed by atoms with Crippen molar-refractivity contribution in [2.24, 2.45) is 0 Å². The van der Waals surface area contributed by atoms with Crippen LogP contribution in [0, 0.1) is 6.07 Å². The van der Waals surface area contributed by atoms with Gasteiger partial charge in [0.05, 0.1) is 0 Å². The second-order valence-corrected chi connectivity index (χ2v) is 3.19. The predicted octanol–water partition coefficient (Wildman–Crippen LogP) is 2.78. The van der Waals surface area contributed by atoms with Crippen LogP contribution in [0.3, 0.4) is 0 Å². The number of para-hydroxylation sites is 1. The molecule has 1 nitrogen and oxygen atoms in total. The minimum Gasteiger partial charge on any atom is -0.508 e. The fourth-order valence-electron chi connectivity index (χ4n) is 1.41. The Morgan fingerprint density at radius 3 is 2.50 bits per heavy atom. The average Bonchev–Trinajstić information content (AvgIpc) is 2.23. The normalized spacial score (nSPS) is 10.0. The van der Waals surface area contributed by atoms with Gasteiger partial charge in [0.25, 0.3) is 0 Å². The van der Waals surface area contributed by atoms with Crippen LogP contribution in [-0.4, -0.2) is 5.11 Å². The van der Waals surface area contributed by atoms with Crippen LogP contribution in [0.5, 0.6) is 5.75 Å². The summed E-state index contributed by atoms with van der Waals surface area (Å²) >= 11 is 0. The topological polar surface area (TPSA) is 20.2 Å². The van der Waals surface area contributed by atoms with E-state index in [0.29, 0.717) is 5.75 Å². The van der Waals surface area contributed by atoms with Gasteiger partial charge >= 0.3 is 0 Å². The van der Waals surface area contributed by atoms with E-state index in [-0.39, 0.29) is 0 Å². The molecule has 0 unspecified atom stereocenters. The molecule has 0 atom stereocenters. The van der Waals surface area contributed by atoms with E-state index in [1.807, 2.05) is 42.5 Å². The van der Waals surface area contributed by atoms with Gasteiger partial charge in [-0.25, -0.2) is 0 Å². The first-order valence-corrected chi connectivity index (χ1v) is 4.59. The molecule has 69 valence electrons. The summed E-state index contributed by atoms with van der Waals surface area (Å²) < 4.78 is 0. The van der Waals surface area contributed by atoms with Gasteiger partial charge in [0, 0.05) is 6.42 Å². The number of rotatable bonds is 2. The lowest BCUT2D eigenvalue weighted by Crippen LogP contribution is -1.87. The molecule has 2 rings (SSSR count). The Balaban J connectivity index is 2.24. The van der Waals surface area contributed by atoms with Crippen molar-refractivity contribution < 1.29 is 5.11 Å². The Bertz CT molecular complexity index is 407. The van der Waals surface area contributed by atoms with Gasteiger partial charge in [-0.15, -0.1) is 0 Å². The van der Waals surface area contributed by atoms with Gasteiger partial charge in [0.15, 0.2) is 0 Å². The summed E-state index contributed by atoms with van der Waals surface area (Å²) in [6.45, 7) is 0. The van der Waals surface area contributed by atoms with Crippen LogP contribution in [0.25, 0.3) is 0 Å². The zero-order chi connectivity index (χ0) is 9.80. The van der Waals surface area contributed by atoms with E-state index in [4.69, 9.17) is 0 Å². The lowest BCUT2D eigenvalue weighted by atomic mass is 10.0. The molecule has 0 saturated heterocycles. The van der Waals surface area contributed by atoms with Crippen molar-refractivity contribution in [3.05, 3.63) is 65.7 Å². The molecule has 1 heteroatoms. The van der Waals surface area contributed by atoms with E-state index >= 15 is 0 Å². The summed E-state index contributed by atoms with van der Waals surface area (Å²) in [5, 5.41) is 9.56. The maximum Gasteiger partial charge on any atom is 0.119 e. The quantitative estimate of drug-likeness (QED) is 0.759. The van der Waals surface area contributed by atoms with Crippen molar-refractivity contribution in [1.82, 2.24) is 0 Å². The van der Waals surface area contributed by atoms with Crippen LogP contribution in [0.4, 0.5) is 0 Å². The van der Waals surface area contributed by atoms with Crippen LogP contribution in [0.15, 0.2) is 48.5 Å². The zero-order valence-electron chi connectivity index (χ0n) is 7.77. The largest absolute Gasteiger partial charge is 0.508 e. The Morgan fingerprint density at radius 1 is 1.00 bits per heavy atom. The Labute approximate surface area is 83.6 Å². The maximum absolute atomic E-state index is 9.56. The van der Waals surface area contributed by atoms with Crippen molar-refractivity contribution in [2.45, 2.75) is 6.42 Å². The number of aromatic hydroxyl groups is 1. The summed E-state index contributed by atoms with van der Waals surface area (Å²) in [5.41, 5.74) is 2.03. The van der Waals surface area contributed by atoms with Gasteiger partial charge in [-0.2, -0.15) is 0 Å². The number of hydrogen-bond acceptors (Lipinski definition) is 1. The summed E-state index contributed by atoms with van der Waals surface area (Å²) in [6, 6.07) is 18.3. The summed E-state index contributed by atoms with van der Waals surface area (Å²) in [4.78, 5) is 0. The molecule has 0 aliphatic rings. The molecule has 0 amide bonds. The second-order valence-electron chi connectivity index (χ2n) is 3.19. The molecular weight excluding hydrogens is 172 g/mol. The lowest BCUT2D eigenvalue weighted by molar-refractivity contribution is 0.469. The van der Waals surface area contributed by atoms with Crippen molar-refractivity contribution in [1.29, 1.82) is 0 Å². The first-order valence-electron chi connectivity index (χ1n) is 4.59. The number of phenolic OH excluding ortho intramolecular Hbond substituents is 1. The van der Waals surface area contributed by atoms with Crippen LogP contribution in [0.2, 0.25) is 0 Å². The molecule has 0 saturated carbocycles. The minimum absolute atomic E-state index is 0.352. The maximum atomic E-state index is 9.56. The third-order valence-corrected chi connectivity index (χ3v) is 2.15. The first kappa shape index (κ1) is 8.82. The van der Waals surface area contributed by atoms with Crippen molar-refractivity contribution in [3.63, 3.8) is 0 Å². The van der Waals surface area contributed by atoms with Crippen molar-refractivity contribution in [2.75, 3.05) is 0 Å². The number of hydrogen-bond donors (Lipinski definition) is 1. The third-order valence-electron chi connectivity index (χ3n) is 2.15. The van der Waals surface area contributed by atoms with E-state index in [1.54, 1.807) is 6.07 Å². The fourth-order valence-corrected chi connectivity index (χ4v) is 1.41. The molecule has 0 heterocycles. The van der Waals surface area contributed by atoms with Crippen LogP contribution in [0.1, 0.15) is 11.1 Å². The SMILES string of the molecule is Oc1ccccc1Cc1[c]cccc1. The van der Waals surface area contributed by atoms with Crippen LogP contribution >= 0.6 is 0 Å². The van der Waals surface area contributed by atoms with E-state index in [9.17, 15) is 5.11 Å². The lowest BCUT2D eigenvalue weighted by Gasteiger charge is -2.03. The van der Waals surface area contributed by atoms with E-state index in [0.717, 1.165) is 17.5 Å². The Morgan fingerprint density at radius 2 is 1.79 bits per heavy atom. The molecule has 0 aromatic heterocycles. The molecule has 2 aromatic rings. The highest BCUT2D eigenvalue weighted by atomic mass is 16.3. The van der Waals surface area contributed by atoms with Gasteiger partial charge in [0.2, 0.25) is 0 Å². The van der Waals surface area contributed by atoms with Gasteiger partial charge < -0.3 is 5.11 Å². The van der Waals surface area contributed by atoms with Crippen LogP contribution < -0.4 is 0 Å². The van der Waals surface area contributed by atoms with Gasteiger partial charge in [-0.05, 0) is 23.3 Å². The molecule has 1 N–H and O–H groups in total. The van der Waals surface area contributed by atoms with Crippen molar-refractivity contribution >= 4 is 0 Å². The first-order chi connectivity index (χ1) is 6.86. The summed E-state index contributed by atoms with van der Waals surface area (Å²) in [5.74, 6) is 0.352. The average molecular weight is 183 g/mol. The highest BCUT2D eigenvalue weighted by Gasteiger charge is 2.00. The summed E-state index contributed by atoms with van der Waals surface area (Å²) in [6.07, 6.45) is 0.730. The molecule has 0 bridgehead atoms. The smallest absolute Gasteiger partial charge is 0.119 e. The Kier molecular flexibility index (Phi) is 2.50. The third kappa shape index (κ3) is 1.94. The monoisotopic (exact) mass is 183 g/mol. The molecular formula is C13H11O. The van der Waals surface area contributed by atoms with Crippen molar-refractivity contribution in [3.8, 4) is 5.75 Å². The second kappa shape index (κ2) is 3.97. The van der Waals surface area contributed by atoms with E-state index < -0.39 is 0 Å². The predicted molar refractivity (Wildman–Crippen MR) is 56.2 cm³/mol. The highest BCUT2D eigenvalue weighted by molar-refractivity contribution is 5.35. The molecule has 14 heavy (non-hydrogen) atoms. The van der Waals surface area contributed by atoms with Gasteiger partial charge in [-0.1, -0.05) is 42.5 Å². The molecule has 0 aliphatic carbocycles. The highest BCUT2D eigenvalue weighted by Crippen LogP contribution is 2.18. The molecule has 1 radical (unpaired) electrons. The molecule has 0 spiro atoms. The number of benzene rings is 2. The molecule has 0 aliphatic heterocycles. The standard InChI is InChI=1S/C13H11O/c14-13-9-5-4-8-12(13)10-11-6-2-1-3-7-11/h1-6,8-9,14H,10H2. The van der Waals surface area contributed by atoms with Crippen LogP contribution in [-0.2, 0) is 6.42 Å². The zero-order valence-corrected chi connectivity index (χ0v) is 7.77. The Hall–Kier alpha value is -1.76. The van der Waals surface area contributed by atoms with Gasteiger partial charge in [-0.3, -0.25) is 0 Å².